The highest BCUT2D eigenvalue weighted by atomic mass is 16.5. The second-order valence-corrected chi connectivity index (χ2v) is 6.38. The summed E-state index contributed by atoms with van der Waals surface area (Å²) in [7, 11) is 0. The molecule has 0 aliphatic carbocycles. The third-order valence-corrected chi connectivity index (χ3v) is 4.32. The summed E-state index contributed by atoms with van der Waals surface area (Å²) in [5.74, 6) is 1.89. The van der Waals surface area contributed by atoms with E-state index in [0.717, 1.165) is 11.1 Å². The van der Waals surface area contributed by atoms with Gasteiger partial charge in [0.05, 0.1) is 6.04 Å². The zero-order valence-corrected chi connectivity index (χ0v) is 14.4. The quantitative estimate of drug-likeness (QED) is 0.762. The van der Waals surface area contributed by atoms with Crippen LogP contribution < -0.4 is 5.32 Å². The molecule has 3 aromatic rings. The van der Waals surface area contributed by atoms with Gasteiger partial charge in [0, 0.05) is 31.3 Å². The van der Waals surface area contributed by atoms with E-state index in [4.69, 9.17) is 4.52 Å². The molecule has 7 nitrogen and oxygen atoms in total. The maximum atomic E-state index is 12.3. The summed E-state index contributed by atoms with van der Waals surface area (Å²) in [5.41, 5.74) is 1.93. The SMILES string of the molecule is Cc1noc(-c2ccnc(N[C@H]3CC(=O)N(Cc4ccccc4)C3)c2)n1. The van der Waals surface area contributed by atoms with Gasteiger partial charge in [-0.2, -0.15) is 4.98 Å². The largest absolute Gasteiger partial charge is 0.365 e. The van der Waals surface area contributed by atoms with Crippen molar-refractivity contribution in [2.75, 3.05) is 11.9 Å². The minimum absolute atomic E-state index is 0.0263. The Kier molecular flexibility index (Phi) is 4.35. The van der Waals surface area contributed by atoms with Crippen LogP contribution in [-0.2, 0) is 11.3 Å². The fraction of sp³-hybridized carbons (Fsp3) is 0.263. The summed E-state index contributed by atoms with van der Waals surface area (Å²) in [5, 5.41) is 7.15. The second kappa shape index (κ2) is 6.95. The molecule has 1 aliphatic heterocycles. The number of hydrogen-bond donors (Lipinski definition) is 1. The molecule has 1 aliphatic rings. The van der Waals surface area contributed by atoms with Crippen LogP contribution in [0.15, 0.2) is 53.2 Å². The van der Waals surface area contributed by atoms with Crippen LogP contribution in [0.4, 0.5) is 5.82 Å². The van der Waals surface area contributed by atoms with Gasteiger partial charge in [-0.1, -0.05) is 35.5 Å². The van der Waals surface area contributed by atoms with Crippen molar-refractivity contribution in [2.24, 2.45) is 0 Å². The van der Waals surface area contributed by atoms with Crippen molar-refractivity contribution in [1.29, 1.82) is 0 Å². The highest BCUT2D eigenvalue weighted by Crippen LogP contribution is 2.22. The van der Waals surface area contributed by atoms with E-state index in [2.05, 4.69) is 20.4 Å². The lowest BCUT2D eigenvalue weighted by Gasteiger charge is -2.17. The third kappa shape index (κ3) is 3.56. The first-order chi connectivity index (χ1) is 12.7. The summed E-state index contributed by atoms with van der Waals surface area (Å²) in [4.78, 5) is 22.7. The summed E-state index contributed by atoms with van der Waals surface area (Å²) in [6, 6.07) is 13.7. The molecule has 0 saturated carbocycles. The maximum absolute atomic E-state index is 12.3. The molecule has 7 heteroatoms. The average molecular weight is 349 g/mol. The monoisotopic (exact) mass is 349 g/mol. The molecular formula is C19H19N5O2. The van der Waals surface area contributed by atoms with Crippen molar-refractivity contribution in [1.82, 2.24) is 20.0 Å². The molecule has 2 aromatic heterocycles. The molecule has 0 unspecified atom stereocenters. The van der Waals surface area contributed by atoms with Crippen molar-refractivity contribution in [3.63, 3.8) is 0 Å². The number of pyridine rings is 1. The van der Waals surface area contributed by atoms with E-state index in [9.17, 15) is 4.79 Å². The van der Waals surface area contributed by atoms with Gasteiger partial charge in [0.2, 0.25) is 5.91 Å². The lowest BCUT2D eigenvalue weighted by molar-refractivity contribution is -0.128. The number of likely N-dealkylation sites (tertiary alicyclic amines) is 1. The zero-order valence-electron chi connectivity index (χ0n) is 14.4. The van der Waals surface area contributed by atoms with Crippen LogP contribution in [0.5, 0.6) is 0 Å². The van der Waals surface area contributed by atoms with Crippen LogP contribution in [0.25, 0.3) is 11.5 Å². The van der Waals surface area contributed by atoms with Gasteiger partial charge in [-0.05, 0) is 24.6 Å². The maximum Gasteiger partial charge on any atom is 0.258 e. The number of aromatic nitrogens is 3. The van der Waals surface area contributed by atoms with Gasteiger partial charge < -0.3 is 14.7 Å². The number of rotatable bonds is 5. The standard InChI is InChI=1S/C19H19N5O2/c1-13-21-19(26-23-13)15-7-8-20-17(9-15)22-16-10-18(25)24(12-16)11-14-5-3-2-4-6-14/h2-9,16H,10-12H2,1H3,(H,20,22)/t16-/m0/s1. The van der Waals surface area contributed by atoms with Crippen molar-refractivity contribution in [3.8, 4) is 11.5 Å². The summed E-state index contributed by atoms with van der Waals surface area (Å²) < 4.78 is 5.20. The van der Waals surface area contributed by atoms with Crippen molar-refractivity contribution in [3.05, 3.63) is 60.0 Å². The lowest BCUT2D eigenvalue weighted by atomic mass is 10.2. The number of aryl methyl sites for hydroxylation is 1. The predicted octanol–water partition coefficient (Wildman–Crippen LogP) is 2.65. The first-order valence-corrected chi connectivity index (χ1v) is 8.52. The number of benzene rings is 1. The van der Waals surface area contributed by atoms with Gasteiger partial charge in [-0.25, -0.2) is 4.98 Å². The summed E-state index contributed by atoms with van der Waals surface area (Å²) >= 11 is 0. The van der Waals surface area contributed by atoms with Crippen molar-refractivity contribution >= 4 is 11.7 Å². The molecule has 0 spiro atoms. The lowest BCUT2D eigenvalue weighted by Crippen LogP contribution is -2.27. The van der Waals surface area contributed by atoms with Crippen LogP contribution in [0.2, 0.25) is 0 Å². The number of nitrogens with one attached hydrogen (secondary N) is 1. The molecule has 1 fully saturated rings. The van der Waals surface area contributed by atoms with Gasteiger partial charge in [-0.15, -0.1) is 0 Å². The fourth-order valence-corrected chi connectivity index (χ4v) is 3.09. The van der Waals surface area contributed by atoms with Crippen LogP contribution >= 0.6 is 0 Å². The van der Waals surface area contributed by atoms with E-state index in [-0.39, 0.29) is 11.9 Å². The van der Waals surface area contributed by atoms with Crippen LogP contribution in [0.1, 0.15) is 17.8 Å². The van der Waals surface area contributed by atoms with E-state index < -0.39 is 0 Å². The number of anilines is 1. The minimum atomic E-state index is 0.0263. The molecule has 26 heavy (non-hydrogen) atoms. The molecule has 3 heterocycles. The van der Waals surface area contributed by atoms with Crippen molar-refractivity contribution < 1.29 is 9.32 Å². The highest BCUT2D eigenvalue weighted by Gasteiger charge is 2.29. The Bertz CT molecular complexity index is 909. The minimum Gasteiger partial charge on any atom is -0.365 e. The Hall–Kier alpha value is -3.22. The van der Waals surface area contributed by atoms with E-state index >= 15 is 0 Å². The Morgan fingerprint density at radius 3 is 2.88 bits per heavy atom. The molecule has 1 N–H and O–H groups in total. The van der Waals surface area contributed by atoms with E-state index in [1.165, 1.54) is 0 Å². The number of carbonyl (C=O) groups excluding carboxylic acids is 1. The zero-order chi connectivity index (χ0) is 17.9. The van der Waals surface area contributed by atoms with Gasteiger partial charge in [-0.3, -0.25) is 4.79 Å². The van der Waals surface area contributed by atoms with Crippen molar-refractivity contribution in [2.45, 2.75) is 25.9 Å². The number of carbonyl (C=O) groups is 1. The second-order valence-electron chi connectivity index (χ2n) is 6.38. The van der Waals surface area contributed by atoms with Gasteiger partial charge >= 0.3 is 0 Å². The first-order valence-electron chi connectivity index (χ1n) is 8.52. The Morgan fingerprint density at radius 1 is 1.27 bits per heavy atom. The molecule has 0 radical (unpaired) electrons. The topological polar surface area (TPSA) is 84.2 Å². The summed E-state index contributed by atoms with van der Waals surface area (Å²) in [6.07, 6.45) is 2.15. The van der Waals surface area contributed by atoms with Gasteiger partial charge in [0.25, 0.3) is 5.89 Å². The highest BCUT2D eigenvalue weighted by molar-refractivity contribution is 5.80. The Morgan fingerprint density at radius 2 is 2.12 bits per heavy atom. The number of nitrogens with zero attached hydrogens (tertiary/aromatic N) is 4. The van der Waals surface area contributed by atoms with E-state index in [1.807, 2.05) is 47.4 Å². The molecular weight excluding hydrogens is 330 g/mol. The Balaban J connectivity index is 1.43. The van der Waals surface area contributed by atoms with Crippen LogP contribution in [-0.4, -0.2) is 38.5 Å². The van der Waals surface area contributed by atoms with Gasteiger partial charge in [0.15, 0.2) is 5.82 Å². The fourth-order valence-electron chi connectivity index (χ4n) is 3.09. The number of hydrogen-bond acceptors (Lipinski definition) is 6. The third-order valence-electron chi connectivity index (χ3n) is 4.32. The molecule has 132 valence electrons. The number of amides is 1. The molecule has 4 rings (SSSR count). The first kappa shape index (κ1) is 16.3. The Labute approximate surface area is 151 Å². The van der Waals surface area contributed by atoms with E-state index in [0.29, 0.717) is 37.0 Å². The molecule has 1 saturated heterocycles. The van der Waals surface area contributed by atoms with Crippen LogP contribution in [0.3, 0.4) is 0 Å². The molecule has 1 amide bonds. The predicted molar refractivity (Wildman–Crippen MR) is 96.2 cm³/mol. The molecule has 1 atom stereocenters. The molecule has 0 bridgehead atoms. The normalized spacial score (nSPS) is 16.9. The van der Waals surface area contributed by atoms with Gasteiger partial charge in [0.1, 0.15) is 5.82 Å². The summed E-state index contributed by atoms with van der Waals surface area (Å²) in [6.45, 7) is 3.06. The smallest absolute Gasteiger partial charge is 0.258 e. The average Bonchev–Trinajstić information content (AvgIpc) is 3.22. The van der Waals surface area contributed by atoms with E-state index in [1.54, 1.807) is 13.1 Å². The molecule has 1 aromatic carbocycles. The van der Waals surface area contributed by atoms with Crippen LogP contribution in [0, 0.1) is 6.92 Å².